The van der Waals surface area contributed by atoms with E-state index < -0.39 is 10.0 Å². The molecular formula is C12H25N5O2S. The molecule has 20 heavy (non-hydrogen) atoms. The van der Waals surface area contributed by atoms with Crippen molar-refractivity contribution in [2.24, 2.45) is 0 Å². The van der Waals surface area contributed by atoms with Crippen molar-refractivity contribution in [1.29, 1.82) is 0 Å². The van der Waals surface area contributed by atoms with Crippen LogP contribution >= 0.6 is 0 Å². The summed E-state index contributed by atoms with van der Waals surface area (Å²) in [6, 6.07) is 0. The first-order valence-electron chi connectivity index (χ1n) is 7.13. The predicted molar refractivity (Wildman–Crippen MR) is 78.7 cm³/mol. The number of sulfonamides is 1. The van der Waals surface area contributed by atoms with Gasteiger partial charge in [-0.15, -0.1) is 10.2 Å². The third-order valence-corrected chi connectivity index (χ3v) is 4.34. The average molecular weight is 303 g/mol. The Morgan fingerprint density at radius 3 is 2.75 bits per heavy atom. The molecule has 0 aromatic carbocycles. The topological polar surface area (TPSA) is 88.9 Å². The minimum Gasteiger partial charge on any atom is -0.317 e. The van der Waals surface area contributed by atoms with Gasteiger partial charge in [-0.1, -0.05) is 6.92 Å². The quantitative estimate of drug-likeness (QED) is 0.581. The molecule has 7 nitrogen and oxygen atoms in total. The van der Waals surface area contributed by atoms with Crippen molar-refractivity contribution in [2.75, 3.05) is 18.8 Å². The van der Waals surface area contributed by atoms with Gasteiger partial charge in [0.2, 0.25) is 10.0 Å². The summed E-state index contributed by atoms with van der Waals surface area (Å²) >= 11 is 0. The van der Waals surface area contributed by atoms with Gasteiger partial charge in [-0.3, -0.25) is 0 Å². The van der Waals surface area contributed by atoms with E-state index in [1.54, 1.807) is 6.33 Å². The van der Waals surface area contributed by atoms with Crippen LogP contribution in [0, 0.1) is 0 Å². The molecule has 0 fully saturated rings. The van der Waals surface area contributed by atoms with Crippen LogP contribution in [-0.2, 0) is 23.1 Å². The zero-order valence-electron chi connectivity index (χ0n) is 12.3. The molecule has 1 heterocycles. The number of nitrogens with zero attached hydrogens (tertiary/aromatic N) is 3. The van der Waals surface area contributed by atoms with E-state index in [9.17, 15) is 8.42 Å². The van der Waals surface area contributed by atoms with Crippen LogP contribution in [0.1, 0.15) is 38.9 Å². The number of aryl methyl sites for hydroxylation is 1. The van der Waals surface area contributed by atoms with E-state index in [0.717, 1.165) is 32.5 Å². The van der Waals surface area contributed by atoms with Gasteiger partial charge in [-0.25, -0.2) is 13.1 Å². The zero-order valence-corrected chi connectivity index (χ0v) is 13.1. The lowest BCUT2D eigenvalue weighted by atomic mass is 10.3. The highest BCUT2D eigenvalue weighted by atomic mass is 32.2. The molecule has 2 N–H and O–H groups in total. The zero-order chi connectivity index (χ0) is 14.8. The van der Waals surface area contributed by atoms with E-state index in [4.69, 9.17) is 0 Å². The number of nitrogens with one attached hydrogen (secondary N) is 2. The summed E-state index contributed by atoms with van der Waals surface area (Å²) < 4.78 is 28.0. The van der Waals surface area contributed by atoms with Crippen molar-refractivity contribution in [3.63, 3.8) is 0 Å². The molecule has 0 radical (unpaired) electrons. The van der Waals surface area contributed by atoms with E-state index >= 15 is 0 Å². The van der Waals surface area contributed by atoms with Crippen molar-refractivity contribution < 1.29 is 8.42 Å². The fraction of sp³-hybridized carbons (Fsp3) is 0.833. The molecule has 0 saturated heterocycles. The molecule has 0 saturated carbocycles. The first kappa shape index (κ1) is 17.1. The van der Waals surface area contributed by atoms with Crippen LogP contribution in [0.3, 0.4) is 0 Å². The Hall–Kier alpha value is -0.990. The van der Waals surface area contributed by atoms with E-state index in [2.05, 4.69) is 27.2 Å². The Bertz CT molecular complexity index is 472. The van der Waals surface area contributed by atoms with Crippen molar-refractivity contribution in [1.82, 2.24) is 24.8 Å². The maximum atomic E-state index is 11.8. The summed E-state index contributed by atoms with van der Waals surface area (Å²) in [7, 11) is -3.23. The predicted octanol–water partition coefficient (Wildman–Crippen LogP) is 0.497. The van der Waals surface area contributed by atoms with Gasteiger partial charge in [0.05, 0.1) is 12.3 Å². The Balaban J connectivity index is 2.24. The summed E-state index contributed by atoms with van der Waals surface area (Å²) in [5.41, 5.74) is 0. The highest BCUT2D eigenvalue weighted by Gasteiger charge is 2.11. The Morgan fingerprint density at radius 1 is 1.25 bits per heavy atom. The number of unbranched alkanes of at least 4 members (excludes halogenated alkanes) is 1. The lowest BCUT2D eigenvalue weighted by Gasteiger charge is -2.07. The van der Waals surface area contributed by atoms with Gasteiger partial charge in [0.25, 0.3) is 0 Å². The lowest BCUT2D eigenvalue weighted by molar-refractivity contribution is 0.567. The Morgan fingerprint density at radius 2 is 2.05 bits per heavy atom. The van der Waals surface area contributed by atoms with Crippen LogP contribution in [0.15, 0.2) is 6.33 Å². The molecule has 0 amide bonds. The van der Waals surface area contributed by atoms with Gasteiger partial charge < -0.3 is 9.88 Å². The molecule has 1 aromatic heterocycles. The van der Waals surface area contributed by atoms with Gasteiger partial charge in [-0.05, 0) is 39.3 Å². The molecule has 1 rings (SSSR count). The van der Waals surface area contributed by atoms with Crippen LogP contribution in [0.25, 0.3) is 0 Å². The fourth-order valence-corrected chi connectivity index (χ4v) is 2.85. The van der Waals surface area contributed by atoms with Crippen LogP contribution in [0.5, 0.6) is 0 Å². The second kappa shape index (κ2) is 9.04. The summed E-state index contributed by atoms with van der Waals surface area (Å²) in [4.78, 5) is 0. The third kappa shape index (κ3) is 6.44. The molecule has 1 aromatic rings. The largest absolute Gasteiger partial charge is 0.317 e. The molecule has 8 heteroatoms. The number of aromatic nitrogens is 3. The van der Waals surface area contributed by atoms with E-state index in [1.807, 2.05) is 11.5 Å². The summed E-state index contributed by atoms with van der Waals surface area (Å²) in [6.45, 7) is 6.85. The van der Waals surface area contributed by atoms with Gasteiger partial charge in [-0.2, -0.15) is 0 Å². The van der Waals surface area contributed by atoms with Crippen LogP contribution < -0.4 is 10.0 Å². The van der Waals surface area contributed by atoms with E-state index in [1.165, 1.54) is 0 Å². The second-order valence-corrected chi connectivity index (χ2v) is 6.56. The number of rotatable bonds is 11. The van der Waals surface area contributed by atoms with Gasteiger partial charge >= 0.3 is 0 Å². The van der Waals surface area contributed by atoms with Crippen LogP contribution in [-0.4, -0.2) is 42.0 Å². The van der Waals surface area contributed by atoms with Crippen molar-refractivity contribution in [3.8, 4) is 0 Å². The molecule has 0 aliphatic rings. The Labute approximate surface area is 121 Å². The van der Waals surface area contributed by atoms with E-state index in [0.29, 0.717) is 12.2 Å². The molecule has 0 unspecified atom stereocenters. The second-order valence-electron chi connectivity index (χ2n) is 4.63. The maximum absolute atomic E-state index is 11.8. The summed E-state index contributed by atoms with van der Waals surface area (Å²) in [5, 5.41) is 10.9. The minimum absolute atomic E-state index is 0.154. The van der Waals surface area contributed by atoms with Crippen molar-refractivity contribution in [2.45, 2.75) is 46.2 Å². The van der Waals surface area contributed by atoms with Gasteiger partial charge in [0, 0.05) is 6.54 Å². The van der Waals surface area contributed by atoms with Crippen LogP contribution in [0.4, 0.5) is 0 Å². The summed E-state index contributed by atoms with van der Waals surface area (Å²) in [5.74, 6) is 0.793. The summed E-state index contributed by atoms with van der Waals surface area (Å²) in [6.07, 6.45) is 4.22. The smallest absolute Gasteiger partial charge is 0.212 e. The number of hydrogen-bond acceptors (Lipinski definition) is 5. The molecule has 0 spiro atoms. The van der Waals surface area contributed by atoms with Crippen molar-refractivity contribution >= 4 is 10.0 Å². The van der Waals surface area contributed by atoms with Gasteiger partial charge in [0.1, 0.15) is 12.2 Å². The highest BCUT2D eigenvalue weighted by molar-refractivity contribution is 7.89. The molecule has 0 bridgehead atoms. The Kier molecular flexibility index (Phi) is 7.71. The van der Waals surface area contributed by atoms with Crippen molar-refractivity contribution in [3.05, 3.63) is 12.2 Å². The standard InChI is InChI=1S/C12H25N5O2S/c1-3-7-13-8-5-6-9-20(18,19)15-10-12-16-14-11-17(12)4-2/h11,13,15H,3-10H2,1-2H3. The SMILES string of the molecule is CCCNCCCCS(=O)(=O)NCc1nncn1CC. The first-order valence-corrected chi connectivity index (χ1v) is 8.79. The van der Waals surface area contributed by atoms with Gasteiger partial charge in [0.15, 0.2) is 0 Å². The third-order valence-electron chi connectivity index (χ3n) is 2.93. The molecular weight excluding hydrogens is 278 g/mol. The normalized spacial score (nSPS) is 11.9. The monoisotopic (exact) mass is 303 g/mol. The average Bonchev–Trinajstić information content (AvgIpc) is 2.88. The molecule has 0 aliphatic carbocycles. The lowest BCUT2D eigenvalue weighted by Crippen LogP contribution is -2.28. The maximum Gasteiger partial charge on any atom is 0.212 e. The van der Waals surface area contributed by atoms with E-state index in [-0.39, 0.29) is 12.3 Å². The first-order chi connectivity index (χ1) is 9.59. The fourth-order valence-electron chi connectivity index (χ4n) is 1.77. The molecule has 116 valence electrons. The molecule has 0 atom stereocenters. The highest BCUT2D eigenvalue weighted by Crippen LogP contribution is 1.98. The number of hydrogen-bond donors (Lipinski definition) is 2. The minimum atomic E-state index is -3.23. The van der Waals surface area contributed by atoms with Crippen LogP contribution in [0.2, 0.25) is 0 Å². The molecule has 0 aliphatic heterocycles.